The Morgan fingerprint density at radius 1 is 1.29 bits per heavy atom. The molecule has 14 heavy (non-hydrogen) atoms. The van der Waals surface area contributed by atoms with Crippen LogP contribution >= 0.6 is 11.8 Å². The molecule has 0 saturated carbocycles. The number of benzene rings is 1. The normalized spacial score (nSPS) is 9.79. The van der Waals surface area contributed by atoms with Gasteiger partial charge in [0.1, 0.15) is 0 Å². The Morgan fingerprint density at radius 3 is 2.29 bits per heavy atom. The number of carbonyl (C=O) groups is 2. The molecule has 0 aliphatic rings. The summed E-state index contributed by atoms with van der Waals surface area (Å²) in [4.78, 5) is 22.1. The maximum absolute atomic E-state index is 10.9. The van der Waals surface area contributed by atoms with Crippen LogP contribution in [0, 0.1) is 0 Å². The first-order valence-electron chi connectivity index (χ1n) is 4.05. The van der Waals surface area contributed by atoms with E-state index in [1.165, 1.54) is 18.7 Å². The highest BCUT2D eigenvalue weighted by molar-refractivity contribution is 8.00. The average molecular weight is 210 g/mol. The number of hydrogen-bond donors (Lipinski definition) is 1. The molecule has 0 aromatic heterocycles. The molecule has 0 radical (unpaired) electrons. The zero-order chi connectivity index (χ0) is 10.6. The van der Waals surface area contributed by atoms with Crippen LogP contribution in [-0.2, 0) is 4.79 Å². The zero-order valence-corrected chi connectivity index (χ0v) is 8.50. The van der Waals surface area contributed by atoms with E-state index in [9.17, 15) is 9.59 Å². The summed E-state index contributed by atoms with van der Waals surface area (Å²) in [6, 6.07) is 6.91. The van der Waals surface area contributed by atoms with Crippen molar-refractivity contribution in [1.82, 2.24) is 0 Å². The molecule has 0 atom stereocenters. The molecule has 1 N–H and O–H groups in total. The van der Waals surface area contributed by atoms with Gasteiger partial charge in [0.05, 0.1) is 5.75 Å². The van der Waals surface area contributed by atoms with Gasteiger partial charge in [0, 0.05) is 10.5 Å². The van der Waals surface area contributed by atoms with Crippen LogP contribution in [0.1, 0.15) is 17.3 Å². The van der Waals surface area contributed by atoms with E-state index in [1.54, 1.807) is 24.3 Å². The summed E-state index contributed by atoms with van der Waals surface area (Å²) in [7, 11) is 0. The first kappa shape index (κ1) is 10.8. The van der Waals surface area contributed by atoms with Crippen molar-refractivity contribution in [2.75, 3.05) is 5.75 Å². The van der Waals surface area contributed by atoms with Gasteiger partial charge in [-0.2, -0.15) is 0 Å². The number of rotatable bonds is 4. The number of aliphatic carboxylic acids is 1. The fourth-order valence-electron chi connectivity index (χ4n) is 0.931. The Labute approximate surface area is 86.1 Å². The lowest BCUT2D eigenvalue weighted by molar-refractivity contribution is -0.133. The minimum atomic E-state index is -0.842. The second-order valence-corrected chi connectivity index (χ2v) is 3.81. The average Bonchev–Trinajstić information content (AvgIpc) is 2.15. The number of Topliss-reactive ketones (excluding diaryl/α,β-unsaturated/α-hetero) is 1. The second-order valence-electron chi connectivity index (χ2n) is 2.76. The third-order valence-corrected chi connectivity index (χ3v) is 2.62. The monoisotopic (exact) mass is 210 g/mol. The van der Waals surface area contributed by atoms with Crippen molar-refractivity contribution in [2.45, 2.75) is 11.8 Å². The summed E-state index contributed by atoms with van der Waals surface area (Å²) < 4.78 is 0. The van der Waals surface area contributed by atoms with Crippen molar-refractivity contribution in [3.8, 4) is 0 Å². The van der Waals surface area contributed by atoms with Gasteiger partial charge in [0.2, 0.25) is 0 Å². The van der Waals surface area contributed by atoms with Crippen LogP contribution in [0.2, 0.25) is 0 Å². The molecule has 0 amide bonds. The van der Waals surface area contributed by atoms with Gasteiger partial charge in [-0.05, 0) is 19.1 Å². The highest BCUT2D eigenvalue weighted by Crippen LogP contribution is 2.18. The summed E-state index contributed by atoms with van der Waals surface area (Å²) in [5.74, 6) is -0.787. The lowest BCUT2D eigenvalue weighted by atomic mass is 10.2. The smallest absolute Gasteiger partial charge is 0.313 e. The van der Waals surface area contributed by atoms with Gasteiger partial charge in [-0.15, -0.1) is 11.8 Å². The van der Waals surface area contributed by atoms with E-state index >= 15 is 0 Å². The number of carbonyl (C=O) groups excluding carboxylic acids is 1. The third-order valence-electron chi connectivity index (χ3n) is 1.62. The van der Waals surface area contributed by atoms with Crippen LogP contribution in [0.4, 0.5) is 0 Å². The number of hydrogen-bond acceptors (Lipinski definition) is 3. The molecule has 0 fully saturated rings. The molecule has 0 unspecified atom stereocenters. The van der Waals surface area contributed by atoms with Crippen LogP contribution in [0.5, 0.6) is 0 Å². The van der Waals surface area contributed by atoms with Crippen molar-refractivity contribution in [3.63, 3.8) is 0 Å². The van der Waals surface area contributed by atoms with Gasteiger partial charge in [-0.1, -0.05) is 12.1 Å². The molecule has 3 nitrogen and oxygen atoms in total. The van der Waals surface area contributed by atoms with Crippen molar-refractivity contribution >= 4 is 23.5 Å². The summed E-state index contributed by atoms with van der Waals surface area (Å²) in [6.45, 7) is 1.50. The van der Waals surface area contributed by atoms with Gasteiger partial charge < -0.3 is 5.11 Å². The SMILES string of the molecule is CC(=O)c1ccc(SCC(=O)O)cc1. The molecule has 0 heterocycles. The first-order valence-corrected chi connectivity index (χ1v) is 5.04. The topological polar surface area (TPSA) is 54.4 Å². The minimum Gasteiger partial charge on any atom is -0.481 e. The molecule has 1 rings (SSSR count). The van der Waals surface area contributed by atoms with Gasteiger partial charge in [0.25, 0.3) is 0 Å². The fourth-order valence-corrected chi connectivity index (χ4v) is 1.55. The predicted molar refractivity (Wildman–Crippen MR) is 54.8 cm³/mol. The van der Waals surface area contributed by atoms with Gasteiger partial charge in [-0.25, -0.2) is 0 Å². The van der Waals surface area contributed by atoms with E-state index in [-0.39, 0.29) is 11.5 Å². The largest absolute Gasteiger partial charge is 0.481 e. The zero-order valence-electron chi connectivity index (χ0n) is 7.69. The van der Waals surface area contributed by atoms with Crippen LogP contribution < -0.4 is 0 Å². The van der Waals surface area contributed by atoms with E-state index in [2.05, 4.69) is 0 Å². The van der Waals surface area contributed by atoms with Crippen molar-refractivity contribution in [1.29, 1.82) is 0 Å². The quantitative estimate of drug-likeness (QED) is 0.610. The Bertz CT molecular complexity index is 343. The van der Waals surface area contributed by atoms with Crippen LogP contribution in [0.25, 0.3) is 0 Å². The van der Waals surface area contributed by atoms with Gasteiger partial charge in [-0.3, -0.25) is 9.59 Å². The van der Waals surface area contributed by atoms with E-state index < -0.39 is 5.97 Å². The fraction of sp³-hybridized carbons (Fsp3) is 0.200. The van der Waals surface area contributed by atoms with Gasteiger partial charge in [0.15, 0.2) is 5.78 Å². The lowest BCUT2D eigenvalue weighted by Crippen LogP contribution is -1.97. The van der Waals surface area contributed by atoms with E-state index in [4.69, 9.17) is 5.11 Å². The summed E-state index contributed by atoms with van der Waals surface area (Å²) in [6.07, 6.45) is 0. The molecular formula is C10H10O3S. The lowest BCUT2D eigenvalue weighted by Gasteiger charge is -1.99. The molecule has 0 bridgehead atoms. The van der Waals surface area contributed by atoms with Crippen LogP contribution in [0.15, 0.2) is 29.2 Å². The molecule has 0 spiro atoms. The van der Waals surface area contributed by atoms with Crippen LogP contribution in [-0.4, -0.2) is 22.6 Å². The number of thioether (sulfide) groups is 1. The summed E-state index contributed by atoms with van der Waals surface area (Å²) >= 11 is 1.24. The Morgan fingerprint density at radius 2 is 1.86 bits per heavy atom. The standard InChI is InChI=1S/C10H10O3S/c1-7(11)8-2-4-9(5-3-8)14-6-10(12)13/h2-5H,6H2,1H3,(H,12,13). The molecular weight excluding hydrogens is 200 g/mol. The Kier molecular flexibility index (Phi) is 3.71. The Hall–Kier alpha value is -1.29. The summed E-state index contributed by atoms with van der Waals surface area (Å²) in [5, 5.41) is 8.44. The van der Waals surface area contributed by atoms with Crippen molar-refractivity contribution in [3.05, 3.63) is 29.8 Å². The minimum absolute atomic E-state index is 0.0137. The third kappa shape index (κ3) is 3.22. The van der Waals surface area contributed by atoms with E-state index in [0.717, 1.165) is 4.90 Å². The van der Waals surface area contributed by atoms with E-state index in [0.29, 0.717) is 5.56 Å². The van der Waals surface area contributed by atoms with Crippen molar-refractivity contribution < 1.29 is 14.7 Å². The molecule has 0 aliphatic carbocycles. The second kappa shape index (κ2) is 4.81. The summed E-state index contributed by atoms with van der Waals surface area (Å²) in [5.41, 5.74) is 0.643. The molecule has 1 aromatic carbocycles. The molecule has 0 saturated heterocycles. The number of carboxylic acid groups (broad SMARTS) is 1. The van der Waals surface area contributed by atoms with E-state index in [1.807, 2.05) is 0 Å². The predicted octanol–water partition coefficient (Wildman–Crippen LogP) is 2.07. The first-order chi connectivity index (χ1) is 6.59. The van der Waals surface area contributed by atoms with Crippen molar-refractivity contribution in [2.24, 2.45) is 0 Å². The Balaban J connectivity index is 2.64. The van der Waals surface area contributed by atoms with Gasteiger partial charge >= 0.3 is 5.97 Å². The molecule has 74 valence electrons. The number of ketones is 1. The maximum Gasteiger partial charge on any atom is 0.313 e. The molecule has 0 aliphatic heterocycles. The van der Waals surface area contributed by atoms with Crippen LogP contribution in [0.3, 0.4) is 0 Å². The molecule has 1 aromatic rings. The highest BCUT2D eigenvalue weighted by atomic mass is 32.2. The molecule has 4 heteroatoms. The number of carboxylic acids is 1. The highest BCUT2D eigenvalue weighted by Gasteiger charge is 2.01. The maximum atomic E-state index is 10.9.